The molecule has 1 N–H and O–H groups in total. The number of aliphatic hydroxyl groups is 1. The van der Waals surface area contributed by atoms with Crippen molar-refractivity contribution in [2.24, 2.45) is 0 Å². The zero-order valence-corrected chi connectivity index (χ0v) is 13.7. The van der Waals surface area contributed by atoms with Gasteiger partial charge in [0, 0.05) is 37.2 Å². The molecule has 0 bridgehead atoms. The van der Waals surface area contributed by atoms with E-state index in [-0.39, 0.29) is 16.5 Å². The van der Waals surface area contributed by atoms with Crippen molar-refractivity contribution in [3.05, 3.63) is 62.5 Å². The van der Waals surface area contributed by atoms with Gasteiger partial charge in [0.05, 0.1) is 4.92 Å². The maximum Gasteiger partial charge on any atom is 0.324 e. The summed E-state index contributed by atoms with van der Waals surface area (Å²) in [4.78, 5) is 12.9. The number of nitro groups is 1. The van der Waals surface area contributed by atoms with Crippen LogP contribution in [-0.2, 0) is 13.0 Å². The molecule has 0 fully saturated rings. The number of fused-ring (bicyclic) bond motifs is 1. The quantitative estimate of drug-likeness (QED) is 0.622. The van der Waals surface area contributed by atoms with Gasteiger partial charge in [-0.3, -0.25) is 15.0 Å². The molecule has 1 aliphatic carbocycles. The van der Waals surface area contributed by atoms with E-state index in [4.69, 9.17) is 0 Å². The summed E-state index contributed by atoms with van der Waals surface area (Å²) in [5, 5.41) is 22.1. The second-order valence-electron chi connectivity index (χ2n) is 5.85. The molecule has 1 heterocycles. The lowest BCUT2D eigenvalue weighted by Crippen LogP contribution is -2.28. The van der Waals surface area contributed by atoms with Crippen LogP contribution in [-0.4, -0.2) is 28.1 Å². The van der Waals surface area contributed by atoms with Gasteiger partial charge in [0.25, 0.3) is 0 Å². The summed E-state index contributed by atoms with van der Waals surface area (Å²) in [7, 11) is 0. The standard InChI is InChI=1S/C17H20N2O3S/c20-9-3-8-18(11-13-10-17(19(21)22)23-12-13)16-7-6-14-4-1-2-5-15(14)16/h1-2,4-5,10,12,16,20H,3,6-9,11H2. The molecule has 0 aliphatic heterocycles. The maximum atomic E-state index is 10.9. The number of nitrogens with zero attached hydrogens (tertiary/aromatic N) is 2. The average Bonchev–Trinajstić information content (AvgIpc) is 3.18. The van der Waals surface area contributed by atoms with Crippen molar-refractivity contribution in [1.82, 2.24) is 4.90 Å². The van der Waals surface area contributed by atoms with Crippen LogP contribution in [0.2, 0.25) is 0 Å². The van der Waals surface area contributed by atoms with E-state index in [1.165, 1.54) is 22.5 Å². The topological polar surface area (TPSA) is 66.6 Å². The Kier molecular flexibility index (Phi) is 5.05. The predicted octanol–water partition coefficient (Wildman–Crippen LogP) is 3.53. The average molecular weight is 332 g/mol. The van der Waals surface area contributed by atoms with Crippen molar-refractivity contribution in [1.29, 1.82) is 0 Å². The molecular weight excluding hydrogens is 312 g/mol. The van der Waals surface area contributed by atoms with E-state index in [1.54, 1.807) is 6.07 Å². The van der Waals surface area contributed by atoms with Gasteiger partial charge in [-0.2, -0.15) is 0 Å². The maximum absolute atomic E-state index is 10.9. The molecule has 6 heteroatoms. The minimum atomic E-state index is -0.336. The summed E-state index contributed by atoms with van der Waals surface area (Å²) in [5.41, 5.74) is 3.72. The summed E-state index contributed by atoms with van der Waals surface area (Å²) in [6.45, 7) is 1.64. The molecule has 1 unspecified atom stereocenters. The second kappa shape index (κ2) is 7.21. The van der Waals surface area contributed by atoms with Crippen LogP contribution in [0.25, 0.3) is 0 Å². The lowest BCUT2D eigenvalue weighted by molar-refractivity contribution is -0.380. The summed E-state index contributed by atoms with van der Waals surface area (Å²) in [5.74, 6) is 0. The Hall–Kier alpha value is -1.76. The Balaban J connectivity index is 1.79. The Bertz CT molecular complexity index is 686. The molecule has 0 saturated heterocycles. The van der Waals surface area contributed by atoms with E-state index >= 15 is 0 Å². The summed E-state index contributed by atoms with van der Waals surface area (Å²) < 4.78 is 0. The first-order valence-electron chi connectivity index (χ1n) is 7.83. The third kappa shape index (κ3) is 3.60. The highest BCUT2D eigenvalue weighted by Gasteiger charge is 2.27. The molecule has 0 saturated carbocycles. The van der Waals surface area contributed by atoms with Crippen LogP contribution in [0, 0.1) is 10.1 Å². The molecule has 1 atom stereocenters. The molecule has 0 amide bonds. The third-order valence-corrected chi connectivity index (χ3v) is 5.28. The summed E-state index contributed by atoms with van der Waals surface area (Å²) >= 11 is 1.18. The first-order valence-corrected chi connectivity index (χ1v) is 8.71. The number of hydrogen-bond donors (Lipinski definition) is 1. The highest BCUT2D eigenvalue weighted by molar-refractivity contribution is 7.13. The lowest BCUT2D eigenvalue weighted by atomic mass is 10.1. The number of hydrogen-bond acceptors (Lipinski definition) is 5. The van der Waals surface area contributed by atoms with E-state index in [0.29, 0.717) is 19.0 Å². The number of aryl methyl sites for hydroxylation is 1. The number of aliphatic hydroxyl groups excluding tert-OH is 1. The Morgan fingerprint density at radius 2 is 2.22 bits per heavy atom. The van der Waals surface area contributed by atoms with Crippen LogP contribution < -0.4 is 0 Å². The fourth-order valence-corrected chi connectivity index (χ4v) is 4.03. The highest BCUT2D eigenvalue weighted by Crippen LogP contribution is 2.37. The van der Waals surface area contributed by atoms with Crippen LogP contribution in [0.5, 0.6) is 0 Å². The van der Waals surface area contributed by atoms with Crippen molar-refractivity contribution >= 4 is 16.3 Å². The molecule has 0 spiro atoms. The van der Waals surface area contributed by atoms with Gasteiger partial charge >= 0.3 is 5.00 Å². The Morgan fingerprint density at radius 1 is 1.39 bits per heavy atom. The Morgan fingerprint density at radius 3 is 2.96 bits per heavy atom. The monoisotopic (exact) mass is 332 g/mol. The van der Waals surface area contributed by atoms with E-state index in [9.17, 15) is 15.2 Å². The smallest absolute Gasteiger partial charge is 0.324 e. The molecule has 5 nitrogen and oxygen atoms in total. The molecule has 1 aromatic carbocycles. The highest BCUT2D eigenvalue weighted by atomic mass is 32.1. The van der Waals surface area contributed by atoms with Crippen LogP contribution in [0.15, 0.2) is 35.7 Å². The van der Waals surface area contributed by atoms with Crippen molar-refractivity contribution in [3.63, 3.8) is 0 Å². The van der Waals surface area contributed by atoms with Crippen LogP contribution >= 0.6 is 11.3 Å². The van der Waals surface area contributed by atoms with Crippen molar-refractivity contribution in [3.8, 4) is 0 Å². The number of benzene rings is 1. The molecule has 122 valence electrons. The third-order valence-electron chi connectivity index (χ3n) is 4.35. The molecule has 3 rings (SSSR count). The summed E-state index contributed by atoms with van der Waals surface area (Å²) in [6.07, 6.45) is 2.85. The van der Waals surface area contributed by atoms with Crippen LogP contribution in [0.3, 0.4) is 0 Å². The van der Waals surface area contributed by atoms with E-state index < -0.39 is 0 Å². The van der Waals surface area contributed by atoms with Crippen LogP contribution in [0.4, 0.5) is 5.00 Å². The van der Waals surface area contributed by atoms with E-state index in [2.05, 4.69) is 29.2 Å². The van der Waals surface area contributed by atoms with Crippen molar-refractivity contribution < 1.29 is 10.0 Å². The molecule has 0 radical (unpaired) electrons. The SMILES string of the molecule is O=[N+]([O-])c1cc(CN(CCCO)C2CCc3ccccc32)cs1. The fourth-order valence-electron chi connectivity index (χ4n) is 3.31. The van der Waals surface area contributed by atoms with E-state index in [0.717, 1.165) is 24.9 Å². The normalized spacial score (nSPS) is 16.7. The van der Waals surface area contributed by atoms with Crippen molar-refractivity contribution in [2.75, 3.05) is 13.2 Å². The fraction of sp³-hybridized carbons (Fsp3) is 0.412. The first-order chi connectivity index (χ1) is 11.2. The van der Waals surface area contributed by atoms with Gasteiger partial charge in [-0.1, -0.05) is 35.6 Å². The summed E-state index contributed by atoms with van der Waals surface area (Å²) in [6, 6.07) is 10.5. The van der Waals surface area contributed by atoms with Gasteiger partial charge in [0.1, 0.15) is 0 Å². The van der Waals surface area contributed by atoms with Gasteiger partial charge in [-0.15, -0.1) is 0 Å². The minimum absolute atomic E-state index is 0.161. The molecule has 2 aromatic rings. The van der Waals surface area contributed by atoms with Gasteiger partial charge < -0.3 is 5.11 Å². The molecule has 1 aliphatic rings. The van der Waals surface area contributed by atoms with Gasteiger partial charge in [0.2, 0.25) is 0 Å². The predicted molar refractivity (Wildman–Crippen MR) is 90.6 cm³/mol. The first kappa shape index (κ1) is 16.1. The minimum Gasteiger partial charge on any atom is -0.396 e. The number of thiophene rings is 1. The largest absolute Gasteiger partial charge is 0.396 e. The zero-order valence-electron chi connectivity index (χ0n) is 12.9. The van der Waals surface area contributed by atoms with E-state index in [1.807, 2.05) is 5.38 Å². The molecule has 23 heavy (non-hydrogen) atoms. The molecule has 1 aromatic heterocycles. The van der Waals surface area contributed by atoms with Crippen LogP contribution in [0.1, 0.15) is 35.6 Å². The second-order valence-corrected chi connectivity index (χ2v) is 6.74. The zero-order chi connectivity index (χ0) is 16.2. The van der Waals surface area contributed by atoms with Gasteiger partial charge in [-0.05, 0) is 36.0 Å². The Labute approximate surface area is 139 Å². The molecular formula is C17H20N2O3S. The van der Waals surface area contributed by atoms with Crippen molar-refractivity contribution in [2.45, 2.75) is 31.8 Å². The van der Waals surface area contributed by atoms with Gasteiger partial charge in [-0.25, -0.2) is 0 Å². The van der Waals surface area contributed by atoms with Gasteiger partial charge in [0.15, 0.2) is 0 Å². The lowest BCUT2D eigenvalue weighted by Gasteiger charge is -2.29. The number of rotatable bonds is 7.